The highest BCUT2D eigenvalue weighted by atomic mass is 16.5. The molecule has 0 aliphatic rings. The summed E-state index contributed by atoms with van der Waals surface area (Å²) in [7, 11) is 0. The molecule has 13 heavy (non-hydrogen) atoms. The molecule has 0 aromatic heterocycles. The van der Waals surface area contributed by atoms with Gasteiger partial charge in [-0.1, -0.05) is 11.6 Å². The topological polar surface area (TPSA) is 46.5 Å². The molecule has 0 aliphatic carbocycles. The molecule has 0 saturated carbocycles. The van der Waals surface area contributed by atoms with E-state index < -0.39 is 0 Å². The minimum atomic E-state index is -0.240. The van der Waals surface area contributed by atoms with Crippen LogP contribution in [0.15, 0.2) is 11.6 Å². The first-order valence-corrected chi connectivity index (χ1v) is 4.50. The quantitative estimate of drug-likeness (QED) is 0.524. The van der Waals surface area contributed by atoms with Crippen LogP contribution in [0.1, 0.15) is 33.6 Å². The minimum Gasteiger partial charge on any atom is -0.463 e. The van der Waals surface area contributed by atoms with Crippen LogP contribution in [-0.4, -0.2) is 23.8 Å². The number of ether oxygens (including phenoxy) is 1. The van der Waals surface area contributed by atoms with Crippen molar-refractivity contribution in [1.82, 2.24) is 0 Å². The highest BCUT2D eigenvalue weighted by molar-refractivity contribution is 5.66. The van der Waals surface area contributed by atoms with Gasteiger partial charge in [-0.2, -0.15) is 0 Å². The average Bonchev–Trinajstić information content (AvgIpc) is 2.02. The first kappa shape index (κ1) is 12.2. The van der Waals surface area contributed by atoms with Gasteiger partial charge >= 0.3 is 5.97 Å². The summed E-state index contributed by atoms with van der Waals surface area (Å²) in [6, 6.07) is 0. The van der Waals surface area contributed by atoms with E-state index in [0.717, 1.165) is 18.4 Å². The van der Waals surface area contributed by atoms with Gasteiger partial charge in [-0.05, 0) is 26.7 Å². The number of carbonyl (C=O) groups is 1. The Labute approximate surface area is 79.4 Å². The van der Waals surface area contributed by atoms with Crippen LogP contribution in [0.3, 0.4) is 0 Å². The van der Waals surface area contributed by atoms with E-state index in [4.69, 9.17) is 9.84 Å². The smallest absolute Gasteiger partial charge is 0.302 e. The Kier molecular flexibility index (Phi) is 6.24. The van der Waals surface area contributed by atoms with Crippen LogP contribution in [-0.2, 0) is 9.53 Å². The summed E-state index contributed by atoms with van der Waals surface area (Å²) in [4.78, 5) is 10.5. The van der Waals surface area contributed by atoms with Gasteiger partial charge in [0.05, 0.1) is 12.7 Å². The second-order valence-corrected chi connectivity index (χ2v) is 3.21. The molecular weight excluding hydrogens is 168 g/mol. The summed E-state index contributed by atoms with van der Waals surface area (Å²) in [5, 5.41) is 8.69. The summed E-state index contributed by atoms with van der Waals surface area (Å²) >= 11 is 0. The molecule has 1 unspecified atom stereocenters. The molecule has 0 fully saturated rings. The van der Waals surface area contributed by atoms with Crippen molar-refractivity contribution >= 4 is 5.97 Å². The Morgan fingerprint density at radius 1 is 1.54 bits per heavy atom. The normalized spacial score (nSPS) is 14.0. The Morgan fingerprint density at radius 2 is 2.15 bits per heavy atom. The van der Waals surface area contributed by atoms with Crippen molar-refractivity contribution in [3.8, 4) is 0 Å². The molecule has 1 atom stereocenters. The molecule has 3 heteroatoms. The standard InChI is InChI=1S/C10H18O3/c1-8(7-11)5-4-6-9(2)13-10(3)12/h5,9,11H,4,6-7H2,1-3H3/b8-5+. The first-order chi connectivity index (χ1) is 6.06. The van der Waals surface area contributed by atoms with Crippen molar-refractivity contribution in [2.45, 2.75) is 39.7 Å². The lowest BCUT2D eigenvalue weighted by Crippen LogP contribution is -2.11. The molecule has 0 spiro atoms. The van der Waals surface area contributed by atoms with Crippen molar-refractivity contribution in [3.63, 3.8) is 0 Å². The van der Waals surface area contributed by atoms with Gasteiger partial charge in [0.2, 0.25) is 0 Å². The van der Waals surface area contributed by atoms with E-state index >= 15 is 0 Å². The van der Waals surface area contributed by atoms with E-state index in [1.54, 1.807) is 0 Å². The fraction of sp³-hybridized carbons (Fsp3) is 0.700. The molecule has 0 heterocycles. The van der Waals surface area contributed by atoms with Gasteiger partial charge in [-0.3, -0.25) is 4.79 Å². The van der Waals surface area contributed by atoms with Crippen LogP contribution >= 0.6 is 0 Å². The Morgan fingerprint density at radius 3 is 2.62 bits per heavy atom. The van der Waals surface area contributed by atoms with Crippen LogP contribution in [0.2, 0.25) is 0 Å². The zero-order valence-electron chi connectivity index (χ0n) is 8.54. The maximum Gasteiger partial charge on any atom is 0.302 e. The maximum atomic E-state index is 10.5. The summed E-state index contributed by atoms with van der Waals surface area (Å²) in [5.41, 5.74) is 0.954. The minimum absolute atomic E-state index is 0.0414. The van der Waals surface area contributed by atoms with Crippen LogP contribution in [0, 0.1) is 0 Å². The molecule has 0 aliphatic heterocycles. The molecule has 0 aromatic carbocycles. The molecule has 0 saturated heterocycles. The van der Waals surface area contributed by atoms with E-state index in [-0.39, 0.29) is 18.7 Å². The third-order valence-electron chi connectivity index (χ3n) is 1.68. The van der Waals surface area contributed by atoms with E-state index in [0.29, 0.717) is 0 Å². The number of rotatable bonds is 5. The molecule has 0 aromatic rings. The number of aliphatic hydroxyl groups excluding tert-OH is 1. The van der Waals surface area contributed by atoms with Crippen molar-refractivity contribution in [2.24, 2.45) is 0 Å². The van der Waals surface area contributed by atoms with Crippen molar-refractivity contribution in [3.05, 3.63) is 11.6 Å². The average molecular weight is 186 g/mol. The number of allylic oxidation sites excluding steroid dienone is 1. The number of esters is 1. The third-order valence-corrected chi connectivity index (χ3v) is 1.68. The third kappa shape index (κ3) is 7.53. The molecule has 76 valence electrons. The zero-order chi connectivity index (χ0) is 10.3. The van der Waals surface area contributed by atoms with Gasteiger partial charge in [0.1, 0.15) is 0 Å². The second kappa shape index (κ2) is 6.66. The SMILES string of the molecule is CC(=O)OC(C)CC/C=C(\C)CO. The Balaban J connectivity index is 3.58. The second-order valence-electron chi connectivity index (χ2n) is 3.21. The highest BCUT2D eigenvalue weighted by Crippen LogP contribution is 2.04. The summed E-state index contributed by atoms with van der Waals surface area (Å²) in [6.07, 6.45) is 3.55. The van der Waals surface area contributed by atoms with E-state index in [1.165, 1.54) is 6.92 Å². The fourth-order valence-corrected chi connectivity index (χ4v) is 0.971. The van der Waals surface area contributed by atoms with E-state index in [1.807, 2.05) is 19.9 Å². The van der Waals surface area contributed by atoms with Gasteiger partial charge in [0.15, 0.2) is 0 Å². The molecule has 1 N–H and O–H groups in total. The highest BCUT2D eigenvalue weighted by Gasteiger charge is 2.03. The zero-order valence-corrected chi connectivity index (χ0v) is 8.54. The van der Waals surface area contributed by atoms with Crippen molar-refractivity contribution < 1.29 is 14.6 Å². The van der Waals surface area contributed by atoms with Crippen LogP contribution in [0.4, 0.5) is 0 Å². The van der Waals surface area contributed by atoms with E-state index in [2.05, 4.69) is 0 Å². The largest absolute Gasteiger partial charge is 0.463 e. The summed E-state index contributed by atoms with van der Waals surface area (Å²) in [6.45, 7) is 5.24. The predicted molar refractivity (Wildman–Crippen MR) is 51.3 cm³/mol. The number of aliphatic hydroxyl groups is 1. The molecule has 0 amide bonds. The van der Waals surface area contributed by atoms with Crippen LogP contribution in [0.5, 0.6) is 0 Å². The Hall–Kier alpha value is -0.830. The number of hydrogen-bond acceptors (Lipinski definition) is 3. The number of hydrogen-bond donors (Lipinski definition) is 1. The van der Waals surface area contributed by atoms with Gasteiger partial charge in [0, 0.05) is 6.92 Å². The van der Waals surface area contributed by atoms with Crippen LogP contribution < -0.4 is 0 Å². The fourth-order valence-electron chi connectivity index (χ4n) is 0.971. The lowest BCUT2D eigenvalue weighted by atomic mass is 10.1. The van der Waals surface area contributed by atoms with E-state index in [9.17, 15) is 4.79 Å². The summed E-state index contributed by atoms with van der Waals surface area (Å²) < 4.78 is 4.93. The van der Waals surface area contributed by atoms with Gasteiger partial charge in [-0.25, -0.2) is 0 Å². The van der Waals surface area contributed by atoms with Gasteiger partial charge in [0.25, 0.3) is 0 Å². The van der Waals surface area contributed by atoms with Crippen LogP contribution in [0.25, 0.3) is 0 Å². The van der Waals surface area contributed by atoms with Gasteiger partial charge in [-0.15, -0.1) is 0 Å². The lowest BCUT2D eigenvalue weighted by Gasteiger charge is -2.09. The molecule has 0 rings (SSSR count). The first-order valence-electron chi connectivity index (χ1n) is 4.50. The predicted octanol–water partition coefficient (Wildman–Crippen LogP) is 1.66. The molecular formula is C10H18O3. The molecule has 0 bridgehead atoms. The molecule has 3 nitrogen and oxygen atoms in total. The van der Waals surface area contributed by atoms with Crippen molar-refractivity contribution in [1.29, 1.82) is 0 Å². The van der Waals surface area contributed by atoms with Crippen molar-refractivity contribution in [2.75, 3.05) is 6.61 Å². The molecule has 0 radical (unpaired) electrons. The van der Waals surface area contributed by atoms with Gasteiger partial charge < -0.3 is 9.84 Å². The number of carbonyl (C=O) groups excluding carboxylic acids is 1. The maximum absolute atomic E-state index is 10.5. The lowest BCUT2D eigenvalue weighted by molar-refractivity contribution is -0.145. The monoisotopic (exact) mass is 186 g/mol. The Bertz CT molecular complexity index is 185. The summed E-state index contributed by atoms with van der Waals surface area (Å²) in [5.74, 6) is -0.240.